The summed E-state index contributed by atoms with van der Waals surface area (Å²) in [5.41, 5.74) is 0. The SMILES string of the molecule is [CH2]COC(=O)OC1C(=O)CCC1=O. The van der Waals surface area contributed by atoms with E-state index >= 15 is 0 Å². The van der Waals surface area contributed by atoms with Crippen molar-refractivity contribution in [1.29, 1.82) is 0 Å². The summed E-state index contributed by atoms with van der Waals surface area (Å²) >= 11 is 0. The smallest absolute Gasteiger partial charge is 0.434 e. The summed E-state index contributed by atoms with van der Waals surface area (Å²) in [6.45, 7) is 3.16. The van der Waals surface area contributed by atoms with E-state index < -0.39 is 12.3 Å². The van der Waals surface area contributed by atoms with Gasteiger partial charge in [-0.1, -0.05) is 0 Å². The van der Waals surface area contributed by atoms with Gasteiger partial charge in [0, 0.05) is 12.8 Å². The Morgan fingerprint density at radius 1 is 1.38 bits per heavy atom. The molecule has 5 heteroatoms. The first-order chi connectivity index (χ1) is 6.15. The van der Waals surface area contributed by atoms with Gasteiger partial charge in [0.1, 0.15) is 0 Å². The maximum Gasteiger partial charge on any atom is 0.509 e. The van der Waals surface area contributed by atoms with E-state index in [4.69, 9.17) is 0 Å². The third-order valence-electron chi connectivity index (χ3n) is 1.64. The summed E-state index contributed by atoms with van der Waals surface area (Å²) in [6.07, 6.45) is -2.00. The van der Waals surface area contributed by atoms with Crippen molar-refractivity contribution in [2.24, 2.45) is 0 Å². The lowest BCUT2D eigenvalue weighted by Crippen LogP contribution is -2.28. The minimum Gasteiger partial charge on any atom is -0.434 e. The van der Waals surface area contributed by atoms with Gasteiger partial charge in [-0.2, -0.15) is 0 Å². The monoisotopic (exact) mass is 185 g/mol. The third kappa shape index (κ3) is 2.27. The van der Waals surface area contributed by atoms with Crippen molar-refractivity contribution in [3.8, 4) is 0 Å². The number of carbonyl (C=O) groups excluding carboxylic acids is 3. The molecule has 0 aromatic heterocycles. The molecular formula is C8H9O5. The third-order valence-corrected chi connectivity index (χ3v) is 1.64. The van der Waals surface area contributed by atoms with Crippen LogP contribution in [-0.2, 0) is 19.1 Å². The number of hydrogen-bond acceptors (Lipinski definition) is 5. The molecule has 0 aromatic carbocycles. The minimum absolute atomic E-state index is 0.0894. The zero-order chi connectivity index (χ0) is 9.84. The Morgan fingerprint density at radius 2 is 1.92 bits per heavy atom. The lowest BCUT2D eigenvalue weighted by molar-refractivity contribution is -0.134. The zero-order valence-corrected chi connectivity index (χ0v) is 6.95. The molecular weight excluding hydrogens is 176 g/mol. The van der Waals surface area contributed by atoms with E-state index in [1.165, 1.54) is 0 Å². The van der Waals surface area contributed by atoms with Gasteiger partial charge in [0.25, 0.3) is 0 Å². The van der Waals surface area contributed by atoms with Crippen molar-refractivity contribution in [2.45, 2.75) is 18.9 Å². The molecule has 1 saturated carbocycles. The van der Waals surface area contributed by atoms with Crippen LogP contribution in [0.4, 0.5) is 4.79 Å². The van der Waals surface area contributed by atoms with Gasteiger partial charge >= 0.3 is 6.16 Å². The topological polar surface area (TPSA) is 69.7 Å². The molecule has 1 rings (SSSR count). The minimum atomic E-state index is -1.25. The van der Waals surface area contributed by atoms with Crippen LogP contribution in [0.15, 0.2) is 0 Å². The number of ether oxygens (including phenoxy) is 2. The Labute approximate surface area is 75.0 Å². The van der Waals surface area contributed by atoms with Crippen LogP contribution in [0.3, 0.4) is 0 Å². The molecule has 1 radical (unpaired) electrons. The van der Waals surface area contributed by atoms with Crippen LogP contribution < -0.4 is 0 Å². The molecule has 0 saturated heterocycles. The second-order valence-electron chi connectivity index (χ2n) is 2.53. The predicted molar refractivity (Wildman–Crippen MR) is 40.8 cm³/mol. The molecule has 71 valence electrons. The van der Waals surface area contributed by atoms with E-state index in [2.05, 4.69) is 16.4 Å². The van der Waals surface area contributed by atoms with Crippen molar-refractivity contribution >= 4 is 17.7 Å². The molecule has 0 unspecified atom stereocenters. The van der Waals surface area contributed by atoms with Gasteiger partial charge in [0.05, 0.1) is 6.61 Å². The highest BCUT2D eigenvalue weighted by Crippen LogP contribution is 2.14. The molecule has 1 aliphatic carbocycles. The molecule has 13 heavy (non-hydrogen) atoms. The van der Waals surface area contributed by atoms with Crippen LogP contribution in [0.5, 0.6) is 0 Å². The number of ketones is 2. The highest BCUT2D eigenvalue weighted by atomic mass is 16.7. The highest BCUT2D eigenvalue weighted by molar-refractivity contribution is 6.12. The maximum absolute atomic E-state index is 11.0. The van der Waals surface area contributed by atoms with Crippen LogP contribution >= 0.6 is 0 Å². The Balaban J connectivity index is 2.48. The van der Waals surface area contributed by atoms with E-state index in [1.54, 1.807) is 0 Å². The molecule has 1 fully saturated rings. The number of carbonyl (C=O) groups is 3. The molecule has 0 aromatic rings. The van der Waals surface area contributed by atoms with E-state index in [0.29, 0.717) is 0 Å². The van der Waals surface area contributed by atoms with Crippen LogP contribution in [0.2, 0.25) is 0 Å². The Morgan fingerprint density at radius 3 is 2.38 bits per heavy atom. The highest BCUT2D eigenvalue weighted by Gasteiger charge is 2.36. The lowest BCUT2D eigenvalue weighted by Gasteiger charge is -2.07. The van der Waals surface area contributed by atoms with Crippen molar-refractivity contribution in [3.63, 3.8) is 0 Å². The lowest BCUT2D eigenvalue weighted by atomic mass is 10.3. The molecule has 0 spiro atoms. The van der Waals surface area contributed by atoms with Gasteiger partial charge < -0.3 is 9.47 Å². The maximum atomic E-state index is 11.0. The fourth-order valence-corrected chi connectivity index (χ4v) is 1.03. The Hall–Kier alpha value is -1.39. The van der Waals surface area contributed by atoms with Gasteiger partial charge in [-0.15, -0.1) is 0 Å². The molecule has 0 aliphatic heterocycles. The molecule has 0 bridgehead atoms. The molecule has 0 atom stereocenters. The molecule has 0 N–H and O–H groups in total. The standard InChI is InChI=1S/C8H9O5/c1-2-12-8(11)13-7-5(9)3-4-6(7)10/h7H,1-4H2. The van der Waals surface area contributed by atoms with Crippen LogP contribution in [-0.4, -0.2) is 30.4 Å². The number of rotatable bonds is 2. The van der Waals surface area contributed by atoms with Crippen LogP contribution in [0.25, 0.3) is 0 Å². The van der Waals surface area contributed by atoms with Crippen molar-refractivity contribution in [3.05, 3.63) is 6.92 Å². The molecule has 0 heterocycles. The fraction of sp³-hybridized carbons (Fsp3) is 0.500. The Kier molecular flexibility index (Phi) is 3.00. The summed E-state index contributed by atoms with van der Waals surface area (Å²) in [6, 6.07) is 0. The largest absolute Gasteiger partial charge is 0.509 e. The first kappa shape index (κ1) is 9.70. The average Bonchev–Trinajstić information content (AvgIpc) is 2.36. The summed E-state index contributed by atoms with van der Waals surface area (Å²) in [5.74, 6) is -0.739. The van der Waals surface area contributed by atoms with Crippen LogP contribution in [0, 0.1) is 6.92 Å². The second-order valence-corrected chi connectivity index (χ2v) is 2.53. The zero-order valence-electron chi connectivity index (χ0n) is 6.95. The van der Waals surface area contributed by atoms with Crippen molar-refractivity contribution < 1.29 is 23.9 Å². The summed E-state index contributed by atoms with van der Waals surface area (Å²) < 4.78 is 8.80. The first-order valence-corrected chi connectivity index (χ1v) is 3.83. The summed E-state index contributed by atoms with van der Waals surface area (Å²) in [4.78, 5) is 32.6. The summed E-state index contributed by atoms with van der Waals surface area (Å²) in [7, 11) is 0. The normalized spacial score (nSPS) is 17.6. The van der Waals surface area contributed by atoms with Crippen molar-refractivity contribution in [2.75, 3.05) is 6.61 Å². The summed E-state index contributed by atoms with van der Waals surface area (Å²) in [5, 5.41) is 0. The van der Waals surface area contributed by atoms with Gasteiger partial charge in [-0.05, 0) is 6.92 Å². The predicted octanol–water partition coefficient (Wildman–Crippen LogP) is 0.274. The average molecular weight is 185 g/mol. The van der Waals surface area contributed by atoms with Crippen molar-refractivity contribution in [1.82, 2.24) is 0 Å². The Bertz CT molecular complexity index is 229. The van der Waals surface area contributed by atoms with E-state index in [9.17, 15) is 14.4 Å². The fourth-order valence-electron chi connectivity index (χ4n) is 1.03. The van der Waals surface area contributed by atoms with Gasteiger partial charge in [0.15, 0.2) is 11.6 Å². The van der Waals surface area contributed by atoms with E-state index in [0.717, 1.165) is 0 Å². The van der Waals surface area contributed by atoms with Crippen LogP contribution in [0.1, 0.15) is 12.8 Å². The van der Waals surface area contributed by atoms with Gasteiger partial charge in [-0.25, -0.2) is 4.79 Å². The van der Waals surface area contributed by atoms with E-state index in [1.807, 2.05) is 0 Å². The molecule has 5 nitrogen and oxygen atoms in total. The van der Waals surface area contributed by atoms with E-state index in [-0.39, 0.29) is 31.0 Å². The van der Waals surface area contributed by atoms with Gasteiger partial charge in [-0.3, -0.25) is 9.59 Å². The molecule has 0 amide bonds. The first-order valence-electron chi connectivity index (χ1n) is 3.83. The van der Waals surface area contributed by atoms with Gasteiger partial charge in [0.2, 0.25) is 6.10 Å². The number of Topliss-reactive ketones (excluding diaryl/α,β-unsaturated/α-hetero) is 2. The second kappa shape index (κ2) is 4.02. The quantitative estimate of drug-likeness (QED) is 0.456. The number of hydrogen-bond donors (Lipinski definition) is 0. The molecule has 1 aliphatic rings.